The smallest absolute Gasteiger partial charge is 0.406 e. The zero-order valence-corrected chi connectivity index (χ0v) is 15.7. The third kappa shape index (κ3) is 3.52. The number of aliphatic hydroxyl groups is 1. The van der Waals surface area contributed by atoms with Crippen molar-refractivity contribution in [3.63, 3.8) is 0 Å². The molecule has 2 heterocycles. The number of benzene rings is 2. The van der Waals surface area contributed by atoms with Gasteiger partial charge in [0.05, 0.1) is 6.10 Å². The van der Waals surface area contributed by atoms with Crippen LogP contribution in [0.2, 0.25) is 0 Å². The number of piperidine rings is 1. The minimum Gasteiger partial charge on any atom is -0.406 e. The molecule has 1 atom stereocenters. The average molecular weight is 366 g/mol. The van der Waals surface area contributed by atoms with Gasteiger partial charge in [-0.1, -0.05) is 49.4 Å². The Morgan fingerprint density at radius 3 is 2.56 bits per heavy atom. The number of aromatic nitrogens is 1. The van der Waals surface area contributed by atoms with Crippen LogP contribution in [0.3, 0.4) is 0 Å². The lowest BCUT2D eigenvalue weighted by Gasteiger charge is -2.33. The highest BCUT2D eigenvalue weighted by molar-refractivity contribution is 5.77. The van der Waals surface area contributed by atoms with Crippen LogP contribution in [0.4, 0.5) is 0 Å². The van der Waals surface area contributed by atoms with Crippen molar-refractivity contribution >= 4 is 11.1 Å². The van der Waals surface area contributed by atoms with Crippen molar-refractivity contribution in [2.45, 2.75) is 38.7 Å². The molecule has 0 aliphatic carbocycles. The van der Waals surface area contributed by atoms with Gasteiger partial charge in [-0.2, -0.15) is 4.68 Å². The fraction of sp³-hybridized carbons (Fsp3) is 0.409. The number of rotatable bonds is 5. The number of nitrogens with zero attached hydrogens (tertiary/aromatic N) is 2. The van der Waals surface area contributed by atoms with Crippen molar-refractivity contribution in [2.24, 2.45) is 5.92 Å². The van der Waals surface area contributed by atoms with E-state index in [1.807, 2.05) is 25.1 Å². The van der Waals surface area contributed by atoms with E-state index in [0.717, 1.165) is 37.9 Å². The maximum Gasteiger partial charge on any atom is 0.438 e. The molecule has 1 N–H and O–H groups in total. The molecule has 0 saturated carbocycles. The largest absolute Gasteiger partial charge is 0.438 e. The summed E-state index contributed by atoms with van der Waals surface area (Å²) in [6.45, 7) is 3.55. The number of oxazole rings is 1. The molecule has 1 fully saturated rings. The van der Waals surface area contributed by atoms with Crippen LogP contribution in [-0.2, 0) is 6.42 Å². The lowest BCUT2D eigenvalue weighted by atomic mass is 9.91. The van der Waals surface area contributed by atoms with Crippen LogP contribution in [-0.4, -0.2) is 22.9 Å². The second kappa shape index (κ2) is 7.61. The highest BCUT2D eigenvalue weighted by Gasteiger charge is 2.25. The lowest BCUT2D eigenvalue weighted by molar-refractivity contribution is 0.174. The van der Waals surface area contributed by atoms with Crippen LogP contribution in [0.5, 0.6) is 0 Å². The summed E-state index contributed by atoms with van der Waals surface area (Å²) < 4.78 is 7.11. The maximum absolute atomic E-state index is 12.5. The summed E-state index contributed by atoms with van der Waals surface area (Å²) in [6, 6.07) is 16.1. The highest BCUT2D eigenvalue weighted by Crippen LogP contribution is 2.27. The summed E-state index contributed by atoms with van der Waals surface area (Å²) in [7, 11) is 0. The van der Waals surface area contributed by atoms with Gasteiger partial charge in [-0.3, -0.25) is 0 Å². The van der Waals surface area contributed by atoms with E-state index in [1.54, 1.807) is 10.7 Å². The summed E-state index contributed by atoms with van der Waals surface area (Å²) in [5.74, 6) is 0.250. The second-order valence-corrected chi connectivity index (χ2v) is 7.38. The monoisotopic (exact) mass is 366 g/mol. The van der Waals surface area contributed by atoms with Gasteiger partial charge in [-0.25, -0.2) is 4.79 Å². The molecule has 5 nitrogen and oxygen atoms in total. The molecule has 27 heavy (non-hydrogen) atoms. The minimum absolute atomic E-state index is 0.373. The lowest BCUT2D eigenvalue weighted by Crippen LogP contribution is -2.46. The first-order valence-corrected chi connectivity index (χ1v) is 9.79. The van der Waals surface area contributed by atoms with E-state index in [9.17, 15) is 9.90 Å². The van der Waals surface area contributed by atoms with Crippen molar-refractivity contribution in [2.75, 3.05) is 18.1 Å². The molecule has 2 aromatic carbocycles. The third-order valence-corrected chi connectivity index (χ3v) is 5.60. The first kappa shape index (κ1) is 17.9. The summed E-state index contributed by atoms with van der Waals surface area (Å²) in [5, 5.41) is 12.5. The summed E-state index contributed by atoms with van der Waals surface area (Å²) in [4.78, 5) is 12.5. The Hall–Kier alpha value is -2.53. The number of aliphatic hydroxyl groups excluding tert-OH is 1. The molecule has 4 rings (SSSR count). The first-order valence-electron chi connectivity index (χ1n) is 9.79. The van der Waals surface area contributed by atoms with Gasteiger partial charge < -0.3 is 14.5 Å². The number of para-hydroxylation sites is 1. The van der Waals surface area contributed by atoms with Gasteiger partial charge in [-0.05, 0) is 43.2 Å². The Morgan fingerprint density at radius 2 is 1.85 bits per heavy atom. The minimum atomic E-state index is -0.604. The topological polar surface area (TPSA) is 58.6 Å². The Morgan fingerprint density at radius 1 is 1.11 bits per heavy atom. The Labute approximate surface area is 158 Å². The standard InChI is InChI=1S/C22H26N2O3/c1-2-19(25)18-9-6-10-20-21(18)24(22(26)27-20)23-13-11-17(12-14-23)15-16-7-4-3-5-8-16/h3-10,17,19,25H,2,11-15H2,1H3. The third-order valence-electron chi connectivity index (χ3n) is 5.60. The molecule has 1 aliphatic rings. The van der Waals surface area contributed by atoms with Gasteiger partial charge in [0.2, 0.25) is 0 Å². The van der Waals surface area contributed by atoms with Crippen molar-refractivity contribution in [1.29, 1.82) is 0 Å². The predicted molar refractivity (Wildman–Crippen MR) is 107 cm³/mol. The molecular weight excluding hydrogens is 340 g/mol. The van der Waals surface area contributed by atoms with Crippen molar-refractivity contribution in [3.8, 4) is 0 Å². The van der Waals surface area contributed by atoms with Gasteiger partial charge >= 0.3 is 5.76 Å². The Balaban J connectivity index is 1.57. The molecule has 1 aromatic heterocycles. The van der Waals surface area contributed by atoms with Crippen LogP contribution < -0.4 is 10.8 Å². The molecule has 3 aromatic rings. The summed E-state index contributed by atoms with van der Waals surface area (Å²) in [6.07, 6.45) is 3.14. The van der Waals surface area contributed by atoms with Gasteiger partial charge in [0.25, 0.3) is 0 Å². The predicted octanol–water partition coefficient (Wildman–Crippen LogP) is 3.63. The zero-order valence-electron chi connectivity index (χ0n) is 15.7. The van der Waals surface area contributed by atoms with Crippen LogP contribution in [0.1, 0.15) is 43.4 Å². The van der Waals surface area contributed by atoms with Crippen molar-refractivity contribution in [3.05, 3.63) is 70.2 Å². The molecule has 0 spiro atoms. The van der Waals surface area contributed by atoms with Crippen molar-refractivity contribution < 1.29 is 9.52 Å². The molecule has 0 bridgehead atoms. The molecule has 1 saturated heterocycles. The highest BCUT2D eigenvalue weighted by atomic mass is 16.4. The maximum atomic E-state index is 12.5. The second-order valence-electron chi connectivity index (χ2n) is 7.38. The molecule has 0 radical (unpaired) electrons. The van der Waals surface area contributed by atoms with Crippen LogP contribution in [0, 0.1) is 5.92 Å². The fourth-order valence-electron chi connectivity index (χ4n) is 4.09. The number of hydrogen-bond donors (Lipinski definition) is 1. The van der Waals surface area contributed by atoms with Crippen LogP contribution in [0.25, 0.3) is 11.1 Å². The normalized spacial score (nSPS) is 16.7. The van der Waals surface area contributed by atoms with E-state index < -0.39 is 6.10 Å². The summed E-state index contributed by atoms with van der Waals surface area (Å²) in [5.41, 5.74) is 3.37. The molecule has 5 heteroatoms. The van der Waals surface area contributed by atoms with E-state index in [4.69, 9.17) is 4.42 Å². The van der Waals surface area contributed by atoms with Crippen molar-refractivity contribution in [1.82, 2.24) is 4.68 Å². The zero-order chi connectivity index (χ0) is 18.8. The van der Waals surface area contributed by atoms with E-state index >= 15 is 0 Å². The van der Waals surface area contributed by atoms with Gasteiger partial charge in [0.1, 0.15) is 5.52 Å². The number of hydrogen-bond acceptors (Lipinski definition) is 4. The molecule has 142 valence electrons. The van der Waals surface area contributed by atoms with E-state index in [2.05, 4.69) is 29.3 Å². The molecule has 1 aliphatic heterocycles. The molecule has 0 amide bonds. The van der Waals surface area contributed by atoms with Gasteiger partial charge in [0, 0.05) is 18.7 Å². The van der Waals surface area contributed by atoms with Crippen LogP contribution in [0.15, 0.2) is 57.7 Å². The summed E-state index contributed by atoms with van der Waals surface area (Å²) >= 11 is 0. The van der Waals surface area contributed by atoms with E-state index in [0.29, 0.717) is 23.4 Å². The van der Waals surface area contributed by atoms with E-state index in [-0.39, 0.29) is 5.76 Å². The molecule has 1 unspecified atom stereocenters. The van der Waals surface area contributed by atoms with E-state index in [1.165, 1.54) is 5.56 Å². The van der Waals surface area contributed by atoms with Gasteiger partial charge in [-0.15, -0.1) is 0 Å². The quantitative estimate of drug-likeness (QED) is 0.749. The molecular formula is C22H26N2O3. The average Bonchev–Trinajstić information content (AvgIpc) is 3.04. The fourth-order valence-corrected chi connectivity index (χ4v) is 4.09. The number of fused-ring (bicyclic) bond motifs is 1. The SMILES string of the molecule is CCC(O)c1cccc2oc(=O)n(N3CCC(Cc4ccccc4)CC3)c12. The Kier molecular flexibility index (Phi) is 5.03. The van der Waals surface area contributed by atoms with Crippen LogP contribution >= 0.6 is 0 Å². The van der Waals surface area contributed by atoms with Gasteiger partial charge in [0.15, 0.2) is 5.58 Å². The Bertz CT molecular complexity index is 953. The first-order chi connectivity index (χ1) is 13.2.